The summed E-state index contributed by atoms with van der Waals surface area (Å²) in [6.07, 6.45) is 0.203. The van der Waals surface area contributed by atoms with Crippen LogP contribution in [0.2, 0.25) is 10.0 Å². The second-order valence-corrected chi connectivity index (χ2v) is 8.29. The molecule has 0 saturated heterocycles. The Morgan fingerprint density at radius 1 is 1.03 bits per heavy atom. The van der Waals surface area contributed by atoms with Crippen molar-refractivity contribution in [2.45, 2.75) is 26.3 Å². The Balaban J connectivity index is 1.70. The summed E-state index contributed by atoms with van der Waals surface area (Å²) < 4.78 is 5.14. The van der Waals surface area contributed by atoms with Crippen molar-refractivity contribution in [3.05, 3.63) is 63.6 Å². The lowest BCUT2D eigenvalue weighted by Crippen LogP contribution is -2.46. The number of esters is 1. The molecule has 1 aliphatic rings. The Morgan fingerprint density at radius 3 is 2.19 bits per heavy atom. The van der Waals surface area contributed by atoms with Gasteiger partial charge in [0, 0.05) is 5.02 Å². The van der Waals surface area contributed by atoms with Crippen LogP contribution in [-0.4, -0.2) is 41.2 Å². The third-order valence-electron chi connectivity index (χ3n) is 4.65. The number of fused-ring (bicyclic) bond motifs is 1. The Hall–Kier alpha value is -2.90. The molecule has 9 heteroatoms. The lowest BCUT2D eigenvalue weighted by atomic mass is 10.0. The fourth-order valence-electron chi connectivity index (χ4n) is 3.25. The number of nitrogens with one attached hydrogen (secondary N) is 1. The number of hydrogen-bond donors (Lipinski definition) is 1. The third kappa shape index (κ3) is 5.06. The maximum atomic E-state index is 12.8. The standard InChI is InChI=1S/C22H20Cl2N2O5/c1-12(2)9-18(26-20(28)14-5-3-4-6-15(14)21(26)29)22(30)31-11-19(27)25-17-8-7-13(23)10-16(17)24/h3-8,10,12,18H,9,11H2,1-2H3,(H,25,27)/t18-/m1/s1. The summed E-state index contributed by atoms with van der Waals surface area (Å²) in [7, 11) is 0. The van der Waals surface area contributed by atoms with Crippen LogP contribution in [-0.2, 0) is 14.3 Å². The van der Waals surface area contributed by atoms with E-state index in [1.54, 1.807) is 18.2 Å². The summed E-state index contributed by atoms with van der Waals surface area (Å²) in [6, 6.07) is 9.77. The van der Waals surface area contributed by atoms with Crippen LogP contribution in [0.4, 0.5) is 5.69 Å². The summed E-state index contributed by atoms with van der Waals surface area (Å²) in [5.74, 6) is -2.58. The van der Waals surface area contributed by atoms with Gasteiger partial charge < -0.3 is 10.1 Å². The van der Waals surface area contributed by atoms with Crippen molar-refractivity contribution in [3.63, 3.8) is 0 Å². The topological polar surface area (TPSA) is 92.8 Å². The molecule has 0 aromatic heterocycles. The van der Waals surface area contributed by atoms with Gasteiger partial charge in [0.1, 0.15) is 6.04 Å². The summed E-state index contributed by atoms with van der Waals surface area (Å²) in [5, 5.41) is 3.16. The Labute approximate surface area is 189 Å². The highest BCUT2D eigenvalue weighted by Gasteiger charge is 2.43. The van der Waals surface area contributed by atoms with Crippen LogP contribution in [0, 0.1) is 5.92 Å². The first-order chi connectivity index (χ1) is 14.7. The van der Waals surface area contributed by atoms with Crippen molar-refractivity contribution in [1.29, 1.82) is 0 Å². The average Bonchev–Trinajstić information content (AvgIpc) is 2.97. The van der Waals surface area contributed by atoms with Crippen LogP contribution in [0.1, 0.15) is 41.0 Å². The second-order valence-electron chi connectivity index (χ2n) is 7.45. The first-order valence-electron chi connectivity index (χ1n) is 9.57. The van der Waals surface area contributed by atoms with E-state index < -0.39 is 36.3 Å². The minimum atomic E-state index is -1.14. The predicted molar refractivity (Wildman–Crippen MR) is 116 cm³/mol. The van der Waals surface area contributed by atoms with Crippen LogP contribution in [0.25, 0.3) is 0 Å². The maximum absolute atomic E-state index is 12.8. The summed E-state index contributed by atoms with van der Waals surface area (Å²) in [6.45, 7) is 3.11. The minimum Gasteiger partial charge on any atom is -0.454 e. The molecular weight excluding hydrogens is 443 g/mol. The minimum absolute atomic E-state index is 0.0106. The second kappa shape index (κ2) is 9.49. The van der Waals surface area contributed by atoms with Crippen molar-refractivity contribution in [2.75, 3.05) is 11.9 Å². The molecule has 0 fully saturated rings. The summed E-state index contributed by atoms with van der Waals surface area (Å²) in [5.41, 5.74) is 0.791. The highest BCUT2D eigenvalue weighted by molar-refractivity contribution is 6.36. The Kier molecular flexibility index (Phi) is 6.97. The normalized spacial score (nSPS) is 13.9. The molecule has 1 atom stereocenters. The number of halogens is 2. The van der Waals surface area contributed by atoms with Gasteiger partial charge in [-0.1, -0.05) is 49.2 Å². The lowest BCUT2D eigenvalue weighted by molar-refractivity contribution is -0.151. The van der Waals surface area contributed by atoms with E-state index in [4.69, 9.17) is 27.9 Å². The van der Waals surface area contributed by atoms with Gasteiger partial charge in [-0.15, -0.1) is 0 Å². The number of hydrogen-bond acceptors (Lipinski definition) is 5. The molecule has 0 spiro atoms. The molecule has 31 heavy (non-hydrogen) atoms. The molecule has 1 aliphatic heterocycles. The number of ether oxygens (including phenoxy) is 1. The number of benzene rings is 2. The largest absolute Gasteiger partial charge is 0.454 e. The van der Waals surface area contributed by atoms with Crippen molar-refractivity contribution < 1.29 is 23.9 Å². The number of rotatable bonds is 7. The van der Waals surface area contributed by atoms with Gasteiger partial charge in [0.25, 0.3) is 17.7 Å². The number of carbonyl (C=O) groups is 4. The Morgan fingerprint density at radius 2 is 1.65 bits per heavy atom. The molecule has 0 saturated carbocycles. The van der Waals surface area contributed by atoms with Crippen LogP contribution in [0.3, 0.4) is 0 Å². The predicted octanol–water partition coefficient (Wildman–Crippen LogP) is 4.19. The number of nitrogens with zero attached hydrogens (tertiary/aromatic N) is 1. The molecular formula is C22H20Cl2N2O5. The maximum Gasteiger partial charge on any atom is 0.329 e. The van der Waals surface area contributed by atoms with Gasteiger partial charge in [0.05, 0.1) is 21.8 Å². The summed E-state index contributed by atoms with van der Waals surface area (Å²) in [4.78, 5) is 51.4. The average molecular weight is 463 g/mol. The zero-order valence-electron chi connectivity index (χ0n) is 16.9. The quantitative estimate of drug-likeness (QED) is 0.491. The van der Waals surface area contributed by atoms with Gasteiger partial charge in [-0.25, -0.2) is 4.79 Å². The monoisotopic (exact) mass is 462 g/mol. The van der Waals surface area contributed by atoms with Crippen LogP contribution in [0.15, 0.2) is 42.5 Å². The fraction of sp³-hybridized carbons (Fsp3) is 0.273. The SMILES string of the molecule is CC(C)C[C@H](C(=O)OCC(=O)Nc1ccc(Cl)cc1Cl)N1C(=O)c2ccccc2C1=O. The molecule has 0 bridgehead atoms. The molecule has 1 N–H and O–H groups in total. The number of amides is 3. The zero-order chi connectivity index (χ0) is 22.7. The first-order valence-corrected chi connectivity index (χ1v) is 10.3. The van der Waals surface area contributed by atoms with E-state index >= 15 is 0 Å². The molecule has 1 heterocycles. The molecule has 162 valence electrons. The Bertz CT molecular complexity index is 1020. The van der Waals surface area contributed by atoms with E-state index in [1.807, 2.05) is 13.8 Å². The van der Waals surface area contributed by atoms with Crippen molar-refractivity contribution in [1.82, 2.24) is 4.90 Å². The van der Waals surface area contributed by atoms with E-state index in [-0.39, 0.29) is 28.5 Å². The first kappa shape index (κ1) is 22.8. The van der Waals surface area contributed by atoms with Gasteiger partial charge in [-0.2, -0.15) is 0 Å². The van der Waals surface area contributed by atoms with Crippen molar-refractivity contribution >= 4 is 52.6 Å². The van der Waals surface area contributed by atoms with Crippen LogP contribution >= 0.6 is 23.2 Å². The molecule has 2 aromatic carbocycles. The van der Waals surface area contributed by atoms with Gasteiger partial charge in [-0.3, -0.25) is 19.3 Å². The van der Waals surface area contributed by atoms with E-state index in [0.29, 0.717) is 10.7 Å². The van der Waals surface area contributed by atoms with Gasteiger partial charge >= 0.3 is 5.97 Å². The van der Waals surface area contributed by atoms with Gasteiger partial charge in [0.2, 0.25) is 0 Å². The van der Waals surface area contributed by atoms with Crippen molar-refractivity contribution in [2.24, 2.45) is 5.92 Å². The lowest BCUT2D eigenvalue weighted by Gasteiger charge is -2.25. The zero-order valence-corrected chi connectivity index (χ0v) is 18.4. The molecule has 3 amide bonds. The highest BCUT2D eigenvalue weighted by Crippen LogP contribution is 2.28. The number of anilines is 1. The molecule has 0 unspecified atom stereocenters. The number of imide groups is 1. The number of carbonyl (C=O) groups excluding carboxylic acids is 4. The van der Waals surface area contributed by atoms with Gasteiger partial charge in [0.15, 0.2) is 6.61 Å². The van der Waals surface area contributed by atoms with Crippen LogP contribution < -0.4 is 5.32 Å². The highest BCUT2D eigenvalue weighted by atomic mass is 35.5. The van der Waals surface area contributed by atoms with E-state index in [0.717, 1.165) is 4.90 Å². The van der Waals surface area contributed by atoms with E-state index in [2.05, 4.69) is 5.32 Å². The molecule has 3 rings (SSSR count). The van der Waals surface area contributed by atoms with Crippen LogP contribution in [0.5, 0.6) is 0 Å². The summed E-state index contributed by atoms with van der Waals surface area (Å²) >= 11 is 11.8. The molecule has 7 nitrogen and oxygen atoms in total. The smallest absolute Gasteiger partial charge is 0.329 e. The van der Waals surface area contributed by atoms with E-state index in [1.165, 1.54) is 24.3 Å². The molecule has 2 aromatic rings. The van der Waals surface area contributed by atoms with E-state index in [9.17, 15) is 19.2 Å². The molecule has 0 radical (unpaired) electrons. The third-order valence-corrected chi connectivity index (χ3v) is 5.20. The van der Waals surface area contributed by atoms with Gasteiger partial charge in [-0.05, 0) is 42.7 Å². The molecule has 0 aliphatic carbocycles. The fourth-order valence-corrected chi connectivity index (χ4v) is 3.71. The van der Waals surface area contributed by atoms with Crippen molar-refractivity contribution in [3.8, 4) is 0 Å².